The SMILES string of the molecule is CCCCCC1=C(CCCCC)SC(CC)CS1. The van der Waals surface area contributed by atoms with Gasteiger partial charge in [0.05, 0.1) is 0 Å². The first-order valence-corrected chi connectivity index (χ1v) is 9.69. The summed E-state index contributed by atoms with van der Waals surface area (Å²) in [4.78, 5) is 3.50. The zero-order valence-corrected chi connectivity index (χ0v) is 14.1. The van der Waals surface area contributed by atoms with Crippen LogP contribution in [0.5, 0.6) is 0 Å². The Balaban J connectivity index is 2.50. The maximum absolute atomic E-state index is 2.34. The zero-order valence-electron chi connectivity index (χ0n) is 12.5. The van der Waals surface area contributed by atoms with Gasteiger partial charge in [0, 0.05) is 11.0 Å². The monoisotopic (exact) mass is 286 g/mol. The fourth-order valence-electron chi connectivity index (χ4n) is 2.26. The molecule has 1 unspecified atom stereocenters. The lowest BCUT2D eigenvalue weighted by Crippen LogP contribution is -2.10. The van der Waals surface area contributed by atoms with E-state index in [-0.39, 0.29) is 0 Å². The largest absolute Gasteiger partial charge is 0.129 e. The lowest BCUT2D eigenvalue weighted by Gasteiger charge is -2.26. The van der Waals surface area contributed by atoms with Crippen LogP contribution in [0.2, 0.25) is 0 Å². The normalized spacial score (nSPS) is 20.5. The molecule has 0 saturated heterocycles. The molecule has 1 rings (SSSR count). The summed E-state index contributed by atoms with van der Waals surface area (Å²) in [5, 5.41) is 0.876. The lowest BCUT2D eigenvalue weighted by atomic mass is 10.1. The molecular formula is C16H30S2. The van der Waals surface area contributed by atoms with Crippen molar-refractivity contribution in [3.05, 3.63) is 9.81 Å². The molecule has 0 aliphatic carbocycles. The molecule has 2 heteroatoms. The van der Waals surface area contributed by atoms with Crippen LogP contribution in [-0.2, 0) is 0 Å². The van der Waals surface area contributed by atoms with Gasteiger partial charge in [-0.3, -0.25) is 0 Å². The van der Waals surface area contributed by atoms with Crippen LogP contribution in [0.3, 0.4) is 0 Å². The van der Waals surface area contributed by atoms with Crippen LogP contribution in [0.4, 0.5) is 0 Å². The Bertz CT molecular complexity index is 245. The number of unbranched alkanes of at least 4 members (excludes halogenated alkanes) is 4. The fourth-order valence-corrected chi connectivity index (χ4v) is 5.29. The average molecular weight is 287 g/mol. The second-order valence-electron chi connectivity index (χ2n) is 5.22. The van der Waals surface area contributed by atoms with E-state index < -0.39 is 0 Å². The van der Waals surface area contributed by atoms with Crippen molar-refractivity contribution < 1.29 is 0 Å². The average Bonchev–Trinajstić information content (AvgIpc) is 2.40. The molecule has 0 saturated carbocycles. The van der Waals surface area contributed by atoms with Gasteiger partial charge in [0.25, 0.3) is 0 Å². The van der Waals surface area contributed by atoms with E-state index in [9.17, 15) is 0 Å². The topological polar surface area (TPSA) is 0 Å². The van der Waals surface area contributed by atoms with Gasteiger partial charge in [-0.15, -0.1) is 23.5 Å². The highest BCUT2D eigenvalue weighted by atomic mass is 32.2. The van der Waals surface area contributed by atoms with Crippen LogP contribution in [-0.4, -0.2) is 11.0 Å². The molecule has 1 aliphatic rings. The highest BCUT2D eigenvalue weighted by Gasteiger charge is 2.20. The summed E-state index contributed by atoms with van der Waals surface area (Å²) >= 11 is 4.38. The molecule has 0 amide bonds. The maximum atomic E-state index is 2.34. The summed E-state index contributed by atoms with van der Waals surface area (Å²) in [7, 11) is 0. The Morgan fingerprint density at radius 3 is 2.06 bits per heavy atom. The first kappa shape index (κ1) is 16.5. The van der Waals surface area contributed by atoms with Crippen LogP contribution < -0.4 is 0 Å². The number of hydrogen-bond acceptors (Lipinski definition) is 2. The molecule has 0 aromatic rings. The molecule has 1 aliphatic heterocycles. The molecule has 0 aromatic carbocycles. The molecule has 1 heterocycles. The minimum absolute atomic E-state index is 0.876. The number of hydrogen-bond donors (Lipinski definition) is 0. The molecule has 0 spiro atoms. The van der Waals surface area contributed by atoms with Crippen molar-refractivity contribution in [2.24, 2.45) is 0 Å². The Morgan fingerprint density at radius 2 is 1.50 bits per heavy atom. The first-order valence-electron chi connectivity index (χ1n) is 7.83. The Labute approximate surface area is 123 Å². The summed E-state index contributed by atoms with van der Waals surface area (Å²) < 4.78 is 0. The number of rotatable bonds is 9. The predicted octanol–water partition coefficient (Wildman–Crippen LogP) is 6.62. The fraction of sp³-hybridized carbons (Fsp3) is 0.875. The van der Waals surface area contributed by atoms with Crippen molar-refractivity contribution in [3.8, 4) is 0 Å². The van der Waals surface area contributed by atoms with Crippen molar-refractivity contribution in [3.63, 3.8) is 0 Å². The first-order chi connectivity index (χ1) is 8.81. The van der Waals surface area contributed by atoms with Gasteiger partial charge in [-0.2, -0.15) is 0 Å². The van der Waals surface area contributed by atoms with Gasteiger partial charge < -0.3 is 0 Å². The van der Waals surface area contributed by atoms with Gasteiger partial charge in [0.1, 0.15) is 0 Å². The second-order valence-corrected chi connectivity index (χ2v) is 7.73. The molecule has 0 nitrogen and oxygen atoms in total. The van der Waals surface area contributed by atoms with E-state index in [2.05, 4.69) is 44.3 Å². The van der Waals surface area contributed by atoms with Gasteiger partial charge in [-0.25, -0.2) is 0 Å². The van der Waals surface area contributed by atoms with Crippen LogP contribution in [0.15, 0.2) is 9.81 Å². The van der Waals surface area contributed by atoms with E-state index in [1.54, 1.807) is 9.81 Å². The van der Waals surface area contributed by atoms with Crippen molar-refractivity contribution >= 4 is 23.5 Å². The molecule has 1 atom stereocenters. The van der Waals surface area contributed by atoms with Gasteiger partial charge in [-0.05, 0) is 41.9 Å². The Hall–Kier alpha value is 0.440. The van der Waals surface area contributed by atoms with E-state index in [1.165, 1.54) is 63.5 Å². The third-order valence-corrected chi connectivity index (χ3v) is 6.81. The third-order valence-electron chi connectivity index (χ3n) is 3.53. The summed E-state index contributed by atoms with van der Waals surface area (Å²) in [5.41, 5.74) is 0. The van der Waals surface area contributed by atoms with Crippen molar-refractivity contribution in [2.75, 3.05) is 5.75 Å². The van der Waals surface area contributed by atoms with Crippen molar-refractivity contribution in [1.29, 1.82) is 0 Å². The molecule has 106 valence electrons. The molecule has 0 aromatic heterocycles. The summed E-state index contributed by atoms with van der Waals surface area (Å²) in [6, 6.07) is 0. The van der Waals surface area contributed by atoms with Crippen molar-refractivity contribution in [1.82, 2.24) is 0 Å². The minimum atomic E-state index is 0.876. The molecule has 0 bridgehead atoms. The van der Waals surface area contributed by atoms with Crippen LogP contribution in [0, 0.1) is 0 Å². The maximum Gasteiger partial charge on any atom is 0.0183 e. The van der Waals surface area contributed by atoms with Gasteiger partial charge in [-0.1, -0.05) is 46.5 Å². The van der Waals surface area contributed by atoms with Crippen LogP contribution in [0.1, 0.15) is 78.6 Å². The van der Waals surface area contributed by atoms with Crippen LogP contribution >= 0.6 is 23.5 Å². The van der Waals surface area contributed by atoms with E-state index in [1.807, 2.05) is 0 Å². The molecule has 18 heavy (non-hydrogen) atoms. The summed E-state index contributed by atoms with van der Waals surface area (Å²) in [6.45, 7) is 6.94. The zero-order chi connectivity index (χ0) is 13.2. The van der Waals surface area contributed by atoms with Gasteiger partial charge >= 0.3 is 0 Å². The van der Waals surface area contributed by atoms with Crippen molar-refractivity contribution in [2.45, 2.75) is 83.8 Å². The Kier molecular flexibility index (Phi) is 9.40. The molecule has 0 fully saturated rings. The quantitative estimate of drug-likeness (QED) is 0.437. The van der Waals surface area contributed by atoms with Gasteiger partial charge in [0.15, 0.2) is 0 Å². The van der Waals surface area contributed by atoms with Gasteiger partial charge in [0.2, 0.25) is 0 Å². The summed E-state index contributed by atoms with van der Waals surface area (Å²) in [5.74, 6) is 1.35. The smallest absolute Gasteiger partial charge is 0.0183 e. The standard InChI is InChI=1S/C16H30S2/c1-4-7-9-11-15-16(12-10-8-5-2)18-14(6-3)13-17-15/h14H,4-13H2,1-3H3. The molecule has 0 N–H and O–H groups in total. The highest BCUT2D eigenvalue weighted by molar-refractivity contribution is 8.10. The highest BCUT2D eigenvalue weighted by Crippen LogP contribution is 2.43. The second kappa shape index (κ2) is 10.3. The van der Waals surface area contributed by atoms with E-state index in [0.29, 0.717) is 0 Å². The summed E-state index contributed by atoms with van der Waals surface area (Å²) in [6.07, 6.45) is 12.3. The van der Waals surface area contributed by atoms with Crippen LogP contribution in [0.25, 0.3) is 0 Å². The number of thioether (sulfide) groups is 2. The molecular weight excluding hydrogens is 256 g/mol. The lowest BCUT2D eigenvalue weighted by molar-refractivity contribution is 0.707. The Morgan fingerprint density at radius 1 is 0.889 bits per heavy atom. The minimum Gasteiger partial charge on any atom is -0.129 e. The predicted molar refractivity (Wildman–Crippen MR) is 89.4 cm³/mol. The number of allylic oxidation sites excluding steroid dienone is 2. The van der Waals surface area contributed by atoms with E-state index in [4.69, 9.17) is 0 Å². The third kappa shape index (κ3) is 6.06. The van der Waals surface area contributed by atoms with E-state index >= 15 is 0 Å². The molecule has 0 radical (unpaired) electrons. The van der Waals surface area contributed by atoms with E-state index in [0.717, 1.165) is 5.25 Å².